The standard InChI is InChI=1S/C12H14O3/c1-3-14-11(13)10-12(2,15-10)9-7-5-4-6-8-9/h4-8,10H,3H2,1-2H3/t10-,12+/m1/s1. The molecule has 0 aromatic heterocycles. The van der Waals surface area contributed by atoms with Crippen LogP contribution in [0.2, 0.25) is 0 Å². The van der Waals surface area contributed by atoms with Gasteiger partial charge in [-0.2, -0.15) is 0 Å². The van der Waals surface area contributed by atoms with Crippen molar-refractivity contribution in [1.82, 2.24) is 0 Å². The Morgan fingerprint density at radius 1 is 1.47 bits per heavy atom. The average molecular weight is 206 g/mol. The molecular weight excluding hydrogens is 192 g/mol. The number of rotatable bonds is 3. The molecule has 0 radical (unpaired) electrons. The third-order valence-electron chi connectivity index (χ3n) is 2.65. The van der Waals surface area contributed by atoms with Gasteiger partial charge in [-0.1, -0.05) is 30.3 Å². The fourth-order valence-corrected chi connectivity index (χ4v) is 1.69. The molecule has 3 heteroatoms. The molecule has 1 aromatic rings. The summed E-state index contributed by atoms with van der Waals surface area (Å²) in [5, 5.41) is 0. The van der Waals surface area contributed by atoms with Crippen LogP contribution in [0.1, 0.15) is 19.4 Å². The molecule has 1 fully saturated rings. The zero-order valence-electron chi connectivity index (χ0n) is 8.90. The van der Waals surface area contributed by atoms with E-state index in [1.165, 1.54) is 0 Å². The largest absolute Gasteiger partial charge is 0.464 e. The lowest BCUT2D eigenvalue weighted by atomic mass is 9.97. The summed E-state index contributed by atoms with van der Waals surface area (Å²) in [5.74, 6) is -0.274. The third-order valence-corrected chi connectivity index (χ3v) is 2.65. The summed E-state index contributed by atoms with van der Waals surface area (Å²) in [6.07, 6.45) is -0.445. The predicted molar refractivity (Wildman–Crippen MR) is 55.3 cm³/mol. The van der Waals surface area contributed by atoms with Crippen molar-refractivity contribution in [3.8, 4) is 0 Å². The van der Waals surface area contributed by atoms with Gasteiger partial charge in [0, 0.05) is 0 Å². The second-order valence-corrected chi connectivity index (χ2v) is 3.72. The second kappa shape index (κ2) is 3.66. The summed E-state index contributed by atoms with van der Waals surface area (Å²) in [4.78, 5) is 11.4. The van der Waals surface area contributed by atoms with Crippen molar-refractivity contribution in [3.05, 3.63) is 35.9 Å². The van der Waals surface area contributed by atoms with Crippen molar-refractivity contribution >= 4 is 5.97 Å². The normalized spacial score (nSPS) is 28.5. The Hall–Kier alpha value is -1.35. The van der Waals surface area contributed by atoms with Crippen molar-refractivity contribution in [3.63, 3.8) is 0 Å². The first-order chi connectivity index (χ1) is 7.18. The molecule has 1 aromatic carbocycles. The first kappa shape index (κ1) is 10.2. The fourth-order valence-electron chi connectivity index (χ4n) is 1.69. The maximum Gasteiger partial charge on any atom is 0.338 e. The summed E-state index contributed by atoms with van der Waals surface area (Å²) >= 11 is 0. The van der Waals surface area contributed by atoms with E-state index in [2.05, 4.69) is 0 Å². The molecule has 0 spiro atoms. The van der Waals surface area contributed by atoms with Gasteiger partial charge in [-0.15, -0.1) is 0 Å². The van der Waals surface area contributed by atoms with E-state index in [-0.39, 0.29) is 5.97 Å². The molecule has 0 unspecified atom stereocenters. The van der Waals surface area contributed by atoms with Crippen molar-refractivity contribution in [2.24, 2.45) is 0 Å². The number of hydrogen-bond donors (Lipinski definition) is 0. The van der Waals surface area contributed by atoms with Crippen LogP contribution in [0.25, 0.3) is 0 Å². The smallest absolute Gasteiger partial charge is 0.338 e. The molecule has 15 heavy (non-hydrogen) atoms. The molecule has 1 aliphatic heterocycles. The molecule has 0 N–H and O–H groups in total. The summed E-state index contributed by atoms with van der Waals surface area (Å²) in [6.45, 7) is 4.09. The van der Waals surface area contributed by atoms with Crippen LogP contribution in [0.15, 0.2) is 30.3 Å². The minimum absolute atomic E-state index is 0.274. The Kier molecular flexibility index (Phi) is 2.49. The van der Waals surface area contributed by atoms with Crippen molar-refractivity contribution in [2.75, 3.05) is 6.61 Å². The number of carbonyl (C=O) groups excluding carboxylic acids is 1. The highest BCUT2D eigenvalue weighted by Crippen LogP contribution is 2.46. The third kappa shape index (κ3) is 1.75. The van der Waals surface area contributed by atoms with Crippen LogP contribution in [0, 0.1) is 0 Å². The van der Waals surface area contributed by atoms with Crippen LogP contribution in [0.4, 0.5) is 0 Å². The van der Waals surface area contributed by atoms with E-state index >= 15 is 0 Å². The minimum Gasteiger partial charge on any atom is -0.464 e. The molecule has 2 atom stereocenters. The molecule has 1 aliphatic rings. The quantitative estimate of drug-likeness (QED) is 0.559. The second-order valence-electron chi connectivity index (χ2n) is 3.72. The van der Waals surface area contributed by atoms with E-state index in [0.717, 1.165) is 5.56 Å². The topological polar surface area (TPSA) is 38.8 Å². The van der Waals surface area contributed by atoms with E-state index in [9.17, 15) is 4.79 Å². The summed E-state index contributed by atoms with van der Waals surface area (Å²) in [7, 11) is 0. The van der Waals surface area contributed by atoms with Crippen LogP contribution in [-0.4, -0.2) is 18.7 Å². The molecule has 3 nitrogen and oxygen atoms in total. The van der Waals surface area contributed by atoms with Gasteiger partial charge in [-0.3, -0.25) is 0 Å². The van der Waals surface area contributed by atoms with Gasteiger partial charge in [0.1, 0.15) is 5.60 Å². The Morgan fingerprint density at radius 3 is 2.73 bits per heavy atom. The molecule has 0 aliphatic carbocycles. The summed E-state index contributed by atoms with van der Waals surface area (Å²) in [6, 6.07) is 9.72. The van der Waals surface area contributed by atoms with E-state index in [1.807, 2.05) is 37.3 Å². The van der Waals surface area contributed by atoms with E-state index in [1.54, 1.807) is 6.92 Å². The molecule has 0 saturated carbocycles. The lowest BCUT2D eigenvalue weighted by Gasteiger charge is -2.05. The molecule has 1 heterocycles. The minimum atomic E-state index is -0.493. The summed E-state index contributed by atoms with van der Waals surface area (Å²) in [5.41, 5.74) is 0.524. The molecule has 2 rings (SSSR count). The predicted octanol–water partition coefficient (Wildman–Crippen LogP) is 1.86. The molecule has 80 valence electrons. The number of hydrogen-bond acceptors (Lipinski definition) is 3. The van der Waals surface area contributed by atoms with Crippen molar-refractivity contribution < 1.29 is 14.3 Å². The van der Waals surface area contributed by atoms with Crippen molar-refractivity contribution in [1.29, 1.82) is 0 Å². The number of epoxide rings is 1. The lowest BCUT2D eigenvalue weighted by Crippen LogP contribution is -2.18. The van der Waals surface area contributed by atoms with Gasteiger partial charge in [-0.05, 0) is 19.4 Å². The van der Waals surface area contributed by atoms with Gasteiger partial charge in [0.15, 0.2) is 6.10 Å². The zero-order chi connectivity index (χ0) is 10.9. The fraction of sp³-hybridized carbons (Fsp3) is 0.417. The first-order valence-electron chi connectivity index (χ1n) is 5.08. The highest BCUT2D eigenvalue weighted by molar-refractivity contribution is 5.79. The molecule has 1 saturated heterocycles. The summed E-state index contributed by atoms with van der Waals surface area (Å²) < 4.78 is 10.3. The van der Waals surface area contributed by atoms with Gasteiger partial charge in [0.05, 0.1) is 6.61 Å². The monoisotopic (exact) mass is 206 g/mol. The van der Waals surface area contributed by atoms with Crippen LogP contribution < -0.4 is 0 Å². The van der Waals surface area contributed by atoms with Gasteiger partial charge in [0.25, 0.3) is 0 Å². The Morgan fingerprint density at radius 2 is 2.13 bits per heavy atom. The molecule has 0 amide bonds. The van der Waals surface area contributed by atoms with Gasteiger partial charge >= 0.3 is 5.97 Å². The Bertz CT molecular complexity index is 360. The van der Waals surface area contributed by atoms with Crippen LogP contribution in [0.3, 0.4) is 0 Å². The number of ether oxygens (including phenoxy) is 2. The number of benzene rings is 1. The van der Waals surface area contributed by atoms with Gasteiger partial charge in [-0.25, -0.2) is 4.79 Å². The van der Waals surface area contributed by atoms with Crippen LogP contribution >= 0.6 is 0 Å². The van der Waals surface area contributed by atoms with E-state index in [0.29, 0.717) is 6.61 Å². The van der Waals surface area contributed by atoms with E-state index < -0.39 is 11.7 Å². The van der Waals surface area contributed by atoms with Crippen LogP contribution in [-0.2, 0) is 19.9 Å². The maximum atomic E-state index is 11.4. The number of carbonyl (C=O) groups is 1. The molecular formula is C12H14O3. The van der Waals surface area contributed by atoms with Gasteiger partial charge < -0.3 is 9.47 Å². The van der Waals surface area contributed by atoms with Gasteiger partial charge in [0.2, 0.25) is 0 Å². The Labute approximate surface area is 89.0 Å². The SMILES string of the molecule is CCOC(=O)[C@H]1O[C@@]1(C)c1ccccc1. The van der Waals surface area contributed by atoms with Crippen LogP contribution in [0.5, 0.6) is 0 Å². The van der Waals surface area contributed by atoms with Crippen molar-refractivity contribution in [2.45, 2.75) is 25.6 Å². The first-order valence-corrected chi connectivity index (χ1v) is 5.08. The highest BCUT2D eigenvalue weighted by Gasteiger charge is 2.59. The maximum absolute atomic E-state index is 11.4. The van der Waals surface area contributed by atoms with E-state index in [4.69, 9.17) is 9.47 Å². The highest BCUT2D eigenvalue weighted by atomic mass is 16.7. The number of esters is 1. The zero-order valence-corrected chi connectivity index (χ0v) is 8.90. The average Bonchev–Trinajstić information content (AvgIpc) is 2.94. The lowest BCUT2D eigenvalue weighted by molar-refractivity contribution is -0.144. The Balaban J connectivity index is 2.10. The molecule has 0 bridgehead atoms.